The number of carbonyl (C=O) groups is 1. The molecular weight excluding hydrogens is 365 g/mol. The minimum atomic E-state index is -1.47. The van der Waals surface area contributed by atoms with Crippen LogP contribution in [0.3, 0.4) is 0 Å². The van der Waals surface area contributed by atoms with Crippen molar-refractivity contribution in [3.8, 4) is 0 Å². The zero-order valence-corrected chi connectivity index (χ0v) is 12.6. The standard InChI is InChI=1S/C13H7BrFNO4S/c14-7-2-1-3-8(4-7)21-12-5-9(13(17)18)11(16(19)20)6-10(12)15/h1-6H,(H,17,18). The van der Waals surface area contributed by atoms with E-state index in [0.29, 0.717) is 11.0 Å². The topological polar surface area (TPSA) is 80.4 Å². The highest BCUT2D eigenvalue weighted by atomic mass is 79.9. The Morgan fingerprint density at radius 1 is 1.33 bits per heavy atom. The van der Waals surface area contributed by atoms with Gasteiger partial charge in [-0.2, -0.15) is 0 Å². The Labute approximate surface area is 131 Å². The van der Waals surface area contributed by atoms with Gasteiger partial charge in [-0.1, -0.05) is 33.8 Å². The lowest BCUT2D eigenvalue weighted by molar-refractivity contribution is -0.385. The van der Waals surface area contributed by atoms with E-state index in [1.807, 2.05) is 0 Å². The van der Waals surface area contributed by atoms with Crippen molar-refractivity contribution in [2.24, 2.45) is 0 Å². The smallest absolute Gasteiger partial charge is 0.342 e. The van der Waals surface area contributed by atoms with Gasteiger partial charge in [0.15, 0.2) is 0 Å². The van der Waals surface area contributed by atoms with Crippen molar-refractivity contribution in [2.45, 2.75) is 9.79 Å². The minimum Gasteiger partial charge on any atom is -0.477 e. The lowest BCUT2D eigenvalue weighted by Gasteiger charge is -2.06. The molecule has 1 N–H and O–H groups in total. The van der Waals surface area contributed by atoms with E-state index in [1.54, 1.807) is 24.3 Å². The monoisotopic (exact) mass is 371 g/mol. The summed E-state index contributed by atoms with van der Waals surface area (Å²) in [6, 6.07) is 8.58. The van der Waals surface area contributed by atoms with E-state index >= 15 is 0 Å². The quantitative estimate of drug-likeness (QED) is 0.638. The molecule has 0 fully saturated rings. The van der Waals surface area contributed by atoms with Crippen LogP contribution in [0.4, 0.5) is 10.1 Å². The Balaban J connectivity index is 2.47. The zero-order valence-electron chi connectivity index (χ0n) is 10.2. The Bertz CT molecular complexity index is 738. The van der Waals surface area contributed by atoms with E-state index in [4.69, 9.17) is 5.11 Å². The number of nitrogens with zero attached hydrogens (tertiary/aromatic N) is 1. The molecule has 0 radical (unpaired) electrons. The highest BCUT2D eigenvalue weighted by molar-refractivity contribution is 9.10. The summed E-state index contributed by atoms with van der Waals surface area (Å²) in [5.74, 6) is -2.31. The number of nitro benzene ring substituents is 1. The highest BCUT2D eigenvalue weighted by Gasteiger charge is 2.23. The van der Waals surface area contributed by atoms with Crippen molar-refractivity contribution in [3.05, 3.63) is 62.4 Å². The predicted molar refractivity (Wildman–Crippen MR) is 78.3 cm³/mol. The first-order valence-electron chi connectivity index (χ1n) is 5.53. The fraction of sp³-hybridized carbons (Fsp3) is 0. The van der Waals surface area contributed by atoms with Gasteiger partial charge in [-0.25, -0.2) is 9.18 Å². The average Bonchev–Trinajstić information content (AvgIpc) is 2.40. The number of hydrogen-bond acceptors (Lipinski definition) is 4. The maximum absolute atomic E-state index is 13.9. The Kier molecular flexibility index (Phi) is 4.59. The molecular formula is C13H7BrFNO4S. The third-order valence-corrected chi connectivity index (χ3v) is 4.02. The summed E-state index contributed by atoms with van der Waals surface area (Å²) in [7, 11) is 0. The van der Waals surface area contributed by atoms with Gasteiger partial charge in [0.25, 0.3) is 5.69 Å². The molecule has 0 aliphatic carbocycles. The van der Waals surface area contributed by atoms with Crippen LogP contribution >= 0.6 is 27.7 Å². The lowest BCUT2D eigenvalue weighted by atomic mass is 10.2. The largest absolute Gasteiger partial charge is 0.477 e. The number of hydrogen-bond donors (Lipinski definition) is 1. The van der Waals surface area contributed by atoms with Gasteiger partial charge in [0.2, 0.25) is 0 Å². The summed E-state index contributed by atoms with van der Waals surface area (Å²) in [6.45, 7) is 0. The first kappa shape index (κ1) is 15.5. The van der Waals surface area contributed by atoms with Crippen molar-refractivity contribution in [3.63, 3.8) is 0 Å². The van der Waals surface area contributed by atoms with Crippen LogP contribution in [-0.2, 0) is 0 Å². The summed E-state index contributed by atoms with van der Waals surface area (Å²) in [5, 5.41) is 19.8. The number of nitro groups is 1. The second-order valence-corrected chi connectivity index (χ2v) is 5.95. The number of rotatable bonds is 4. The van der Waals surface area contributed by atoms with Crippen LogP contribution < -0.4 is 0 Å². The van der Waals surface area contributed by atoms with Crippen LogP contribution in [0.2, 0.25) is 0 Å². The number of halogens is 2. The number of aromatic carboxylic acids is 1. The SMILES string of the molecule is O=C(O)c1cc(Sc2cccc(Br)c2)c(F)cc1[N+](=O)[O-]. The molecule has 0 heterocycles. The molecule has 0 atom stereocenters. The summed E-state index contributed by atoms with van der Waals surface area (Å²) >= 11 is 4.26. The van der Waals surface area contributed by atoms with Crippen molar-refractivity contribution < 1.29 is 19.2 Å². The van der Waals surface area contributed by atoms with Crippen LogP contribution in [0.1, 0.15) is 10.4 Å². The van der Waals surface area contributed by atoms with Crippen molar-refractivity contribution in [1.82, 2.24) is 0 Å². The highest BCUT2D eigenvalue weighted by Crippen LogP contribution is 2.34. The molecule has 0 saturated heterocycles. The van der Waals surface area contributed by atoms with Gasteiger partial charge in [-0.15, -0.1) is 0 Å². The van der Waals surface area contributed by atoms with E-state index in [1.165, 1.54) is 0 Å². The molecule has 0 aromatic heterocycles. The summed E-state index contributed by atoms with van der Waals surface area (Å²) in [5.41, 5.74) is -1.31. The molecule has 2 aromatic rings. The van der Waals surface area contributed by atoms with Crippen LogP contribution in [0, 0.1) is 15.9 Å². The molecule has 2 aromatic carbocycles. The maximum atomic E-state index is 13.9. The van der Waals surface area contributed by atoms with Gasteiger partial charge in [0.05, 0.1) is 11.0 Å². The zero-order chi connectivity index (χ0) is 15.6. The van der Waals surface area contributed by atoms with Crippen LogP contribution in [0.5, 0.6) is 0 Å². The van der Waals surface area contributed by atoms with Crippen molar-refractivity contribution in [1.29, 1.82) is 0 Å². The minimum absolute atomic E-state index is 0.0103. The number of carboxylic acids is 1. The summed E-state index contributed by atoms with van der Waals surface area (Å²) in [6.07, 6.45) is 0. The molecule has 0 amide bonds. The third kappa shape index (κ3) is 3.59. The van der Waals surface area contributed by atoms with Gasteiger partial charge < -0.3 is 5.11 Å². The van der Waals surface area contributed by atoms with Crippen LogP contribution in [-0.4, -0.2) is 16.0 Å². The van der Waals surface area contributed by atoms with Crippen LogP contribution in [0.25, 0.3) is 0 Å². The molecule has 0 aliphatic rings. The average molecular weight is 372 g/mol. The Morgan fingerprint density at radius 3 is 2.62 bits per heavy atom. The summed E-state index contributed by atoms with van der Waals surface area (Å²) < 4.78 is 14.7. The Morgan fingerprint density at radius 2 is 2.05 bits per heavy atom. The third-order valence-electron chi connectivity index (χ3n) is 2.50. The van der Waals surface area contributed by atoms with Gasteiger partial charge in [0.1, 0.15) is 11.4 Å². The fourth-order valence-electron chi connectivity index (χ4n) is 1.60. The molecule has 5 nitrogen and oxygen atoms in total. The molecule has 0 bridgehead atoms. The van der Waals surface area contributed by atoms with E-state index in [9.17, 15) is 19.3 Å². The molecule has 0 saturated carbocycles. The van der Waals surface area contributed by atoms with E-state index < -0.39 is 28.0 Å². The molecule has 0 spiro atoms. The molecule has 8 heteroatoms. The van der Waals surface area contributed by atoms with Crippen LogP contribution in [0.15, 0.2) is 50.7 Å². The second-order valence-electron chi connectivity index (χ2n) is 3.92. The Hall–Kier alpha value is -1.93. The van der Waals surface area contributed by atoms with E-state index in [-0.39, 0.29) is 4.90 Å². The van der Waals surface area contributed by atoms with E-state index in [2.05, 4.69) is 15.9 Å². The maximum Gasteiger partial charge on any atom is 0.342 e. The molecule has 0 aliphatic heterocycles. The fourth-order valence-corrected chi connectivity index (χ4v) is 3.07. The molecule has 2 rings (SSSR count). The normalized spacial score (nSPS) is 10.4. The van der Waals surface area contributed by atoms with Gasteiger partial charge in [-0.3, -0.25) is 10.1 Å². The number of carboxylic acid groups (broad SMARTS) is 1. The molecule has 21 heavy (non-hydrogen) atoms. The van der Waals surface area contributed by atoms with Crippen molar-refractivity contribution >= 4 is 39.3 Å². The molecule has 0 unspecified atom stereocenters. The van der Waals surface area contributed by atoms with Gasteiger partial charge in [0, 0.05) is 14.3 Å². The predicted octanol–water partition coefficient (Wildman–Crippen LogP) is 4.35. The summed E-state index contributed by atoms with van der Waals surface area (Å²) in [4.78, 5) is 21.6. The van der Waals surface area contributed by atoms with Crippen molar-refractivity contribution in [2.75, 3.05) is 0 Å². The van der Waals surface area contributed by atoms with E-state index in [0.717, 1.165) is 22.3 Å². The van der Waals surface area contributed by atoms with Gasteiger partial charge >= 0.3 is 5.97 Å². The number of benzene rings is 2. The molecule has 108 valence electrons. The van der Waals surface area contributed by atoms with Gasteiger partial charge in [-0.05, 0) is 24.3 Å². The second kappa shape index (κ2) is 6.23. The first-order chi connectivity index (χ1) is 9.88. The first-order valence-corrected chi connectivity index (χ1v) is 7.14. The lowest BCUT2D eigenvalue weighted by Crippen LogP contribution is -2.04.